The highest BCUT2D eigenvalue weighted by molar-refractivity contribution is 6.29. The molecule has 0 atom stereocenters. The largest absolute Gasteiger partial charge is 0.373 e. The average molecular weight is 198 g/mol. The van der Waals surface area contributed by atoms with E-state index in [1.54, 1.807) is 6.07 Å². The second kappa shape index (κ2) is 3.50. The molecule has 1 heterocycles. The van der Waals surface area contributed by atoms with Crippen molar-refractivity contribution >= 4 is 17.4 Å². The Balaban J connectivity index is 2.17. The minimum Gasteiger partial charge on any atom is -0.373 e. The van der Waals surface area contributed by atoms with Crippen molar-refractivity contribution in [1.29, 1.82) is 0 Å². The Labute approximate surface area is 82.5 Å². The van der Waals surface area contributed by atoms with Gasteiger partial charge in [-0.15, -0.1) is 0 Å². The molecule has 13 heavy (non-hydrogen) atoms. The molecule has 1 saturated carbocycles. The van der Waals surface area contributed by atoms with Crippen LogP contribution in [0, 0.1) is 5.92 Å². The Kier molecular flexibility index (Phi) is 2.36. The summed E-state index contributed by atoms with van der Waals surface area (Å²) in [5, 5.41) is 3.49. The summed E-state index contributed by atoms with van der Waals surface area (Å²) in [6, 6.07) is 1.73. The molecule has 1 aliphatic rings. The lowest BCUT2D eigenvalue weighted by Crippen LogP contribution is -2.01. The maximum absolute atomic E-state index is 5.84. The second-order valence-electron chi connectivity index (χ2n) is 3.39. The van der Waals surface area contributed by atoms with E-state index in [9.17, 15) is 0 Å². The number of anilines is 1. The molecule has 0 radical (unpaired) electrons. The topological polar surface area (TPSA) is 37.8 Å². The van der Waals surface area contributed by atoms with Crippen molar-refractivity contribution in [1.82, 2.24) is 9.97 Å². The van der Waals surface area contributed by atoms with Gasteiger partial charge in [0.1, 0.15) is 16.8 Å². The summed E-state index contributed by atoms with van der Waals surface area (Å²) in [7, 11) is 1.83. The van der Waals surface area contributed by atoms with E-state index < -0.39 is 0 Å². The van der Waals surface area contributed by atoms with Crippen molar-refractivity contribution in [2.75, 3.05) is 12.4 Å². The summed E-state index contributed by atoms with van der Waals surface area (Å²) in [5.41, 5.74) is 0. The van der Waals surface area contributed by atoms with Crippen LogP contribution in [0.4, 0.5) is 5.82 Å². The quantitative estimate of drug-likeness (QED) is 0.755. The predicted octanol–water partition coefficient (Wildman–Crippen LogP) is 2.12. The number of rotatable bonds is 3. The lowest BCUT2D eigenvalue weighted by molar-refractivity contribution is 0.771. The van der Waals surface area contributed by atoms with Gasteiger partial charge in [0.25, 0.3) is 0 Å². The molecule has 1 fully saturated rings. The molecule has 0 aliphatic heterocycles. The van der Waals surface area contributed by atoms with Gasteiger partial charge in [0, 0.05) is 19.5 Å². The van der Waals surface area contributed by atoms with Gasteiger partial charge in [-0.05, 0) is 18.8 Å². The van der Waals surface area contributed by atoms with Crippen LogP contribution in [-0.4, -0.2) is 17.0 Å². The van der Waals surface area contributed by atoms with Crippen LogP contribution in [0.25, 0.3) is 0 Å². The number of aromatic nitrogens is 2. The molecule has 1 N–H and O–H groups in total. The Morgan fingerprint density at radius 3 is 2.92 bits per heavy atom. The van der Waals surface area contributed by atoms with Crippen LogP contribution in [0.1, 0.15) is 18.7 Å². The van der Waals surface area contributed by atoms with Gasteiger partial charge in [-0.3, -0.25) is 0 Å². The molecular formula is C9H12ClN3. The molecule has 1 aromatic heterocycles. The summed E-state index contributed by atoms with van der Waals surface area (Å²) in [5.74, 6) is 2.46. The third-order valence-corrected chi connectivity index (χ3v) is 2.36. The highest BCUT2D eigenvalue weighted by atomic mass is 35.5. The molecule has 0 saturated heterocycles. The van der Waals surface area contributed by atoms with Crippen LogP contribution < -0.4 is 5.32 Å². The van der Waals surface area contributed by atoms with E-state index in [1.807, 2.05) is 7.05 Å². The lowest BCUT2D eigenvalue weighted by atomic mass is 10.3. The first kappa shape index (κ1) is 8.75. The zero-order chi connectivity index (χ0) is 9.26. The molecule has 1 aromatic rings. The summed E-state index contributed by atoms with van der Waals surface area (Å²) < 4.78 is 0. The van der Waals surface area contributed by atoms with E-state index in [0.29, 0.717) is 5.15 Å². The summed E-state index contributed by atoms with van der Waals surface area (Å²) in [4.78, 5) is 8.50. The molecule has 0 bridgehead atoms. The Morgan fingerprint density at radius 1 is 1.54 bits per heavy atom. The molecule has 0 unspecified atom stereocenters. The van der Waals surface area contributed by atoms with Crippen LogP contribution in [-0.2, 0) is 6.42 Å². The van der Waals surface area contributed by atoms with Gasteiger partial charge in [0.15, 0.2) is 0 Å². The van der Waals surface area contributed by atoms with Crippen molar-refractivity contribution in [2.24, 2.45) is 5.92 Å². The van der Waals surface area contributed by atoms with Crippen molar-refractivity contribution in [3.8, 4) is 0 Å². The Hall–Kier alpha value is -0.830. The number of hydrogen-bond donors (Lipinski definition) is 1. The third kappa shape index (κ3) is 2.31. The van der Waals surface area contributed by atoms with E-state index in [0.717, 1.165) is 24.0 Å². The van der Waals surface area contributed by atoms with E-state index in [4.69, 9.17) is 11.6 Å². The number of nitrogens with one attached hydrogen (secondary N) is 1. The van der Waals surface area contributed by atoms with Gasteiger partial charge in [-0.1, -0.05) is 11.6 Å². The molecule has 70 valence electrons. The third-order valence-electron chi connectivity index (χ3n) is 2.17. The number of halogens is 1. The van der Waals surface area contributed by atoms with Gasteiger partial charge in [0.2, 0.25) is 0 Å². The maximum atomic E-state index is 5.84. The van der Waals surface area contributed by atoms with E-state index in [1.165, 1.54) is 12.8 Å². The zero-order valence-corrected chi connectivity index (χ0v) is 8.30. The minimum atomic E-state index is 0.523. The minimum absolute atomic E-state index is 0.523. The van der Waals surface area contributed by atoms with Gasteiger partial charge >= 0.3 is 0 Å². The van der Waals surface area contributed by atoms with Crippen molar-refractivity contribution < 1.29 is 0 Å². The summed E-state index contributed by atoms with van der Waals surface area (Å²) in [6.45, 7) is 0. The van der Waals surface area contributed by atoms with E-state index in [-0.39, 0.29) is 0 Å². The van der Waals surface area contributed by atoms with Gasteiger partial charge in [-0.25, -0.2) is 9.97 Å². The smallest absolute Gasteiger partial charge is 0.134 e. The maximum Gasteiger partial charge on any atom is 0.134 e. The molecule has 0 aromatic carbocycles. The van der Waals surface area contributed by atoms with Crippen LogP contribution >= 0.6 is 11.6 Å². The van der Waals surface area contributed by atoms with Crippen molar-refractivity contribution in [2.45, 2.75) is 19.3 Å². The fourth-order valence-corrected chi connectivity index (χ4v) is 1.47. The van der Waals surface area contributed by atoms with E-state index in [2.05, 4.69) is 15.3 Å². The van der Waals surface area contributed by atoms with Crippen LogP contribution in [0.15, 0.2) is 6.07 Å². The fourth-order valence-electron chi connectivity index (χ4n) is 1.26. The highest BCUT2D eigenvalue weighted by Gasteiger charge is 2.23. The summed E-state index contributed by atoms with van der Waals surface area (Å²) >= 11 is 5.84. The van der Waals surface area contributed by atoms with Crippen molar-refractivity contribution in [3.63, 3.8) is 0 Å². The lowest BCUT2D eigenvalue weighted by Gasteiger charge is -2.03. The Morgan fingerprint density at radius 2 is 2.31 bits per heavy atom. The average Bonchev–Trinajstić information content (AvgIpc) is 2.87. The van der Waals surface area contributed by atoms with Gasteiger partial charge in [0.05, 0.1) is 0 Å². The first-order valence-corrected chi connectivity index (χ1v) is 4.87. The molecule has 0 amide bonds. The van der Waals surface area contributed by atoms with Crippen LogP contribution in [0.3, 0.4) is 0 Å². The van der Waals surface area contributed by atoms with Crippen LogP contribution in [0.2, 0.25) is 5.15 Å². The number of nitrogens with zero attached hydrogens (tertiary/aromatic N) is 2. The highest BCUT2D eigenvalue weighted by Crippen LogP contribution is 2.32. The van der Waals surface area contributed by atoms with Crippen LogP contribution in [0.5, 0.6) is 0 Å². The zero-order valence-electron chi connectivity index (χ0n) is 7.55. The Bertz CT molecular complexity index is 310. The van der Waals surface area contributed by atoms with Gasteiger partial charge in [-0.2, -0.15) is 0 Å². The molecule has 0 spiro atoms. The number of hydrogen-bond acceptors (Lipinski definition) is 3. The monoisotopic (exact) mass is 197 g/mol. The molecule has 1 aliphatic carbocycles. The standard InChI is InChI=1S/C9H12ClN3/c1-11-8-5-7(10)12-9(13-8)4-6-2-3-6/h5-6H,2-4H2,1H3,(H,11,12,13). The van der Waals surface area contributed by atoms with Crippen molar-refractivity contribution in [3.05, 3.63) is 17.0 Å². The molecule has 3 nitrogen and oxygen atoms in total. The molecular weight excluding hydrogens is 186 g/mol. The summed E-state index contributed by atoms with van der Waals surface area (Å²) in [6.07, 6.45) is 3.59. The molecule has 4 heteroatoms. The predicted molar refractivity (Wildman–Crippen MR) is 53.0 cm³/mol. The normalized spacial score (nSPS) is 15.8. The second-order valence-corrected chi connectivity index (χ2v) is 3.78. The van der Waals surface area contributed by atoms with Gasteiger partial charge < -0.3 is 5.32 Å². The fraction of sp³-hybridized carbons (Fsp3) is 0.556. The molecule has 2 rings (SSSR count). The van der Waals surface area contributed by atoms with E-state index >= 15 is 0 Å². The SMILES string of the molecule is CNc1cc(Cl)nc(CC2CC2)n1. The first-order chi connectivity index (χ1) is 6.28. The first-order valence-electron chi connectivity index (χ1n) is 4.49.